The third-order valence-corrected chi connectivity index (χ3v) is 2.98. The van der Waals surface area contributed by atoms with E-state index in [9.17, 15) is 9.90 Å². The Labute approximate surface area is 91.6 Å². The largest absolute Gasteiger partial charge is 0.381 e. The van der Waals surface area contributed by atoms with E-state index in [-0.39, 0.29) is 5.91 Å². The molecule has 0 radical (unpaired) electrons. The minimum Gasteiger partial charge on any atom is -0.381 e. The van der Waals surface area contributed by atoms with Gasteiger partial charge in [-0.1, -0.05) is 6.42 Å². The molecule has 2 N–H and O–H groups in total. The smallest absolute Gasteiger partial charge is 0.251 e. The molecular formula is C11H22N2O2. The molecule has 0 bridgehead atoms. The van der Waals surface area contributed by atoms with E-state index >= 15 is 0 Å². The first-order valence-electron chi connectivity index (χ1n) is 5.62. The summed E-state index contributed by atoms with van der Waals surface area (Å²) in [5.74, 6) is -0.290. The first-order chi connectivity index (χ1) is 6.91. The Bertz CT molecular complexity index is 223. The Morgan fingerprint density at radius 1 is 1.53 bits per heavy atom. The van der Waals surface area contributed by atoms with Crippen LogP contribution < -0.4 is 5.32 Å². The van der Waals surface area contributed by atoms with Gasteiger partial charge in [-0.25, -0.2) is 0 Å². The summed E-state index contributed by atoms with van der Waals surface area (Å²) in [6.07, 6.45) is 3.60. The zero-order valence-corrected chi connectivity index (χ0v) is 9.92. The first kappa shape index (κ1) is 12.5. The van der Waals surface area contributed by atoms with E-state index in [0.717, 1.165) is 13.0 Å². The van der Waals surface area contributed by atoms with Gasteiger partial charge in [0.15, 0.2) is 0 Å². The van der Waals surface area contributed by atoms with Crippen LogP contribution in [0.3, 0.4) is 0 Å². The predicted molar refractivity (Wildman–Crippen MR) is 59.6 cm³/mol. The van der Waals surface area contributed by atoms with Crippen LogP contribution in [0.2, 0.25) is 0 Å². The van der Waals surface area contributed by atoms with Crippen LogP contribution in [0.5, 0.6) is 0 Å². The molecule has 0 aromatic rings. The fourth-order valence-electron chi connectivity index (χ4n) is 1.83. The fraction of sp³-hybridized carbons (Fsp3) is 0.909. The van der Waals surface area contributed by atoms with Gasteiger partial charge in [-0.05, 0) is 40.3 Å². The molecule has 1 saturated heterocycles. The van der Waals surface area contributed by atoms with Gasteiger partial charge < -0.3 is 15.3 Å². The number of carbonyl (C=O) groups is 1. The summed E-state index contributed by atoms with van der Waals surface area (Å²) in [6, 6.07) is 0.421. The number of hydrogen-bond acceptors (Lipinski definition) is 3. The summed E-state index contributed by atoms with van der Waals surface area (Å²) in [5, 5.41) is 12.2. The predicted octanol–water partition coefficient (Wildman–Crippen LogP) is 0.358. The topological polar surface area (TPSA) is 52.6 Å². The van der Waals surface area contributed by atoms with E-state index < -0.39 is 5.60 Å². The van der Waals surface area contributed by atoms with Crippen LogP contribution in [-0.2, 0) is 4.79 Å². The van der Waals surface area contributed by atoms with Crippen LogP contribution in [0.1, 0.15) is 33.1 Å². The van der Waals surface area contributed by atoms with Gasteiger partial charge in [0.25, 0.3) is 5.91 Å². The molecule has 1 rings (SSSR count). The van der Waals surface area contributed by atoms with Crippen molar-refractivity contribution >= 4 is 5.91 Å². The van der Waals surface area contributed by atoms with Crippen molar-refractivity contribution in [2.45, 2.75) is 44.8 Å². The number of hydrogen-bond donors (Lipinski definition) is 2. The van der Waals surface area contributed by atoms with Crippen molar-refractivity contribution in [3.63, 3.8) is 0 Å². The van der Waals surface area contributed by atoms with E-state index in [1.807, 2.05) is 0 Å². The molecule has 1 atom stereocenters. The highest BCUT2D eigenvalue weighted by atomic mass is 16.3. The molecule has 1 unspecified atom stereocenters. The van der Waals surface area contributed by atoms with Crippen LogP contribution in [-0.4, -0.2) is 47.7 Å². The second-order valence-corrected chi connectivity index (χ2v) is 4.90. The Balaban J connectivity index is 2.33. The summed E-state index contributed by atoms with van der Waals surface area (Å²) in [7, 11) is 2.08. The van der Waals surface area contributed by atoms with E-state index in [2.05, 4.69) is 17.3 Å². The zero-order chi connectivity index (χ0) is 11.5. The third kappa shape index (κ3) is 3.80. The molecule has 0 saturated carbocycles. The molecule has 1 aliphatic rings. The van der Waals surface area contributed by atoms with Gasteiger partial charge in [0.1, 0.15) is 5.60 Å². The Morgan fingerprint density at radius 3 is 2.73 bits per heavy atom. The Hall–Kier alpha value is -0.610. The standard InChI is InChI=1S/C11H22N2O2/c1-11(2,15)10(14)12-8-9-6-4-5-7-13(9)3/h9,15H,4-8H2,1-3H3,(H,12,14). The van der Waals surface area contributed by atoms with Gasteiger partial charge in [0.2, 0.25) is 0 Å². The van der Waals surface area contributed by atoms with Gasteiger partial charge in [0.05, 0.1) is 0 Å². The lowest BCUT2D eigenvalue weighted by Gasteiger charge is -2.33. The van der Waals surface area contributed by atoms with Crippen LogP contribution in [0, 0.1) is 0 Å². The summed E-state index contributed by atoms with van der Waals surface area (Å²) >= 11 is 0. The minimum atomic E-state index is -1.27. The van der Waals surface area contributed by atoms with Gasteiger partial charge in [-0.3, -0.25) is 4.79 Å². The highest BCUT2D eigenvalue weighted by molar-refractivity contribution is 5.83. The molecule has 1 aliphatic heterocycles. The normalized spacial score (nSPS) is 23.9. The Kier molecular flexibility index (Phi) is 4.11. The molecule has 88 valence electrons. The number of nitrogens with one attached hydrogen (secondary N) is 1. The number of nitrogens with zero attached hydrogens (tertiary/aromatic N) is 1. The lowest BCUT2D eigenvalue weighted by molar-refractivity contribution is -0.136. The number of aliphatic hydroxyl groups is 1. The zero-order valence-electron chi connectivity index (χ0n) is 9.92. The van der Waals surface area contributed by atoms with E-state index in [0.29, 0.717) is 12.6 Å². The van der Waals surface area contributed by atoms with Crippen molar-refractivity contribution in [3.8, 4) is 0 Å². The molecule has 1 heterocycles. The number of likely N-dealkylation sites (tertiary alicyclic amines) is 1. The van der Waals surface area contributed by atoms with Crippen LogP contribution >= 0.6 is 0 Å². The van der Waals surface area contributed by atoms with E-state index in [1.165, 1.54) is 26.7 Å². The SMILES string of the molecule is CN1CCCCC1CNC(=O)C(C)(C)O. The van der Waals surface area contributed by atoms with Crippen molar-refractivity contribution in [1.82, 2.24) is 10.2 Å². The van der Waals surface area contributed by atoms with E-state index in [1.54, 1.807) is 0 Å². The number of amides is 1. The summed E-state index contributed by atoms with van der Waals surface area (Å²) in [6.45, 7) is 4.75. The van der Waals surface area contributed by atoms with Crippen molar-refractivity contribution < 1.29 is 9.90 Å². The molecule has 0 aromatic carbocycles. The molecule has 0 aromatic heterocycles. The maximum atomic E-state index is 11.4. The van der Waals surface area contributed by atoms with Crippen molar-refractivity contribution in [3.05, 3.63) is 0 Å². The molecule has 1 fully saturated rings. The number of piperidine rings is 1. The first-order valence-corrected chi connectivity index (χ1v) is 5.62. The van der Waals surface area contributed by atoms with Gasteiger partial charge in [-0.15, -0.1) is 0 Å². The highest BCUT2D eigenvalue weighted by Crippen LogP contribution is 2.14. The number of rotatable bonds is 3. The van der Waals surface area contributed by atoms with Crippen LogP contribution in [0.4, 0.5) is 0 Å². The summed E-state index contributed by atoms with van der Waals surface area (Å²) in [5.41, 5.74) is -1.27. The van der Waals surface area contributed by atoms with Gasteiger partial charge in [0, 0.05) is 12.6 Å². The summed E-state index contributed by atoms with van der Waals surface area (Å²) < 4.78 is 0. The molecule has 1 amide bonds. The van der Waals surface area contributed by atoms with Crippen molar-refractivity contribution in [2.24, 2.45) is 0 Å². The fourth-order valence-corrected chi connectivity index (χ4v) is 1.83. The highest BCUT2D eigenvalue weighted by Gasteiger charge is 2.25. The molecule has 0 aliphatic carbocycles. The average molecular weight is 214 g/mol. The van der Waals surface area contributed by atoms with E-state index in [4.69, 9.17) is 0 Å². The monoisotopic (exact) mass is 214 g/mol. The second kappa shape index (κ2) is 4.94. The lowest BCUT2D eigenvalue weighted by Crippen LogP contribution is -2.49. The molecular weight excluding hydrogens is 192 g/mol. The molecule has 0 spiro atoms. The number of likely N-dealkylation sites (N-methyl/N-ethyl adjacent to an activating group) is 1. The lowest BCUT2D eigenvalue weighted by atomic mass is 10.0. The maximum Gasteiger partial charge on any atom is 0.251 e. The quantitative estimate of drug-likeness (QED) is 0.713. The second-order valence-electron chi connectivity index (χ2n) is 4.90. The molecule has 4 nitrogen and oxygen atoms in total. The summed E-state index contributed by atoms with van der Waals surface area (Å²) in [4.78, 5) is 13.7. The van der Waals surface area contributed by atoms with Crippen molar-refractivity contribution in [2.75, 3.05) is 20.1 Å². The molecule has 4 heteroatoms. The van der Waals surface area contributed by atoms with Crippen LogP contribution in [0.15, 0.2) is 0 Å². The number of carbonyl (C=O) groups excluding carboxylic acids is 1. The molecule has 15 heavy (non-hydrogen) atoms. The van der Waals surface area contributed by atoms with Crippen LogP contribution in [0.25, 0.3) is 0 Å². The van der Waals surface area contributed by atoms with Crippen molar-refractivity contribution in [1.29, 1.82) is 0 Å². The van der Waals surface area contributed by atoms with Gasteiger partial charge >= 0.3 is 0 Å². The maximum absolute atomic E-state index is 11.4. The average Bonchev–Trinajstić information content (AvgIpc) is 2.14. The minimum absolute atomic E-state index is 0.290. The Morgan fingerprint density at radius 2 is 2.20 bits per heavy atom. The van der Waals surface area contributed by atoms with Gasteiger partial charge in [-0.2, -0.15) is 0 Å². The third-order valence-electron chi connectivity index (χ3n) is 2.98.